The summed E-state index contributed by atoms with van der Waals surface area (Å²) in [5.74, 6) is 1.34. The van der Waals surface area contributed by atoms with Crippen molar-refractivity contribution in [1.82, 2.24) is 19.4 Å². The maximum atomic E-state index is 13.3. The Morgan fingerprint density at radius 3 is 2.46 bits per heavy atom. The number of aryl methyl sites for hydroxylation is 2. The van der Waals surface area contributed by atoms with Gasteiger partial charge in [0, 0.05) is 53.3 Å². The van der Waals surface area contributed by atoms with Crippen molar-refractivity contribution in [1.29, 1.82) is 0 Å². The first kappa shape index (κ1) is 21.8. The number of benzene rings is 3. The first-order valence-electron chi connectivity index (χ1n) is 12.0. The zero-order valence-corrected chi connectivity index (χ0v) is 20.9. The van der Waals surface area contributed by atoms with Gasteiger partial charge < -0.3 is 28.8 Å². The molecule has 6 rings (SSSR count). The van der Waals surface area contributed by atoms with Gasteiger partial charge in [0.05, 0.1) is 36.3 Å². The molecule has 180 valence electrons. The third-order valence-electron chi connectivity index (χ3n) is 7.39. The molecule has 5 aromatic rings. The van der Waals surface area contributed by atoms with Crippen molar-refractivity contribution >= 4 is 49.5 Å². The maximum Gasteiger partial charge on any atom is 0.252 e. The third-order valence-corrected chi connectivity index (χ3v) is 7.39. The molecule has 0 atom stereocenters. The number of carbonyl (C=O) groups excluding carboxylic acids is 1. The molecule has 1 amide bonds. The largest absolute Gasteiger partial charge is 0.493 e. The lowest BCUT2D eigenvalue weighted by Gasteiger charge is -2.14. The molecule has 1 aliphatic rings. The fourth-order valence-corrected chi connectivity index (χ4v) is 5.89. The molecule has 3 aromatic carbocycles. The number of para-hydroxylation sites is 1. The molecule has 0 spiro atoms. The van der Waals surface area contributed by atoms with Crippen LogP contribution in [0, 0.1) is 0 Å². The molecule has 0 unspecified atom stereocenters. The molecular formula is C28H30N4O3. The van der Waals surface area contributed by atoms with E-state index in [0.29, 0.717) is 18.0 Å². The molecule has 0 bridgehead atoms. The minimum Gasteiger partial charge on any atom is -0.493 e. The average Bonchev–Trinajstić information content (AvgIpc) is 3.48. The van der Waals surface area contributed by atoms with Crippen LogP contribution in [0.2, 0.25) is 0 Å². The third kappa shape index (κ3) is 2.97. The second kappa shape index (κ2) is 7.92. The van der Waals surface area contributed by atoms with E-state index < -0.39 is 0 Å². The fraction of sp³-hybridized carbons (Fsp3) is 0.321. The van der Waals surface area contributed by atoms with Crippen molar-refractivity contribution in [3.63, 3.8) is 0 Å². The zero-order chi connectivity index (χ0) is 24.4. The zero-order valence-electron chi connectivity index (χ0n) is 20.9. The number of hydrogen-bond acceptors (Lipinski definition) is 4. The number of nitrogens with zero attached hydrogens (tertiary/aromatic N) is 3. The summed E-state index contributed by atoms with van der Waals surface area (Å²) >= 11 is 0. The quantitative estimate of drug-likeness (QED) is 0.392. The predicted molar refractivity (Wildman–Crippen MR) is 141 cm³/mol. The molecule has 1 N–H and O–H groups in total. The fourth-order valence-electron chi connectivity index (χ4n) is 5.89. The predicted octanol–water partition coefficient (Wildman–Crippen LogP) is 4.65. The van der Waals surface area contributed by atoms with E-state index in [1.165, 1.54) is 10.8 Å². The van der Waals surface area contributed by atoms with Crippen LogP contribution in [0.1, 0.15) is 22.3 Å². The van der Waals surface area contributed by atoms with E-state index in [0.717, 1.165) is 63.5 Å². The number of fused-ring (bicyclic) bond motifs is 10. The van der Waals surface area contributed by atoms with Gasteiger partial charge in [-0.05, 0) is 44.8 Å². The minimum absolute atomic E-state index is 0.0121. The van der Waals surface area contributed by atoms with E-state index in [9.17, 15) is 4.79 Å². The van der Waals surface area contributed by atoms with Gasteiger partial charge in [0.25, 0.3) is 5.91 Å². The Kier molecular flexibility index (Phi) is 4.93. The van der Waals surface area contributed by atoms with Crippen molar-refractivity contribution < 1.29 is 14.3 Å². The summed E-state index contributed by atoms with van der Waals surface area (Å²) in [5, 5.41) is 7.46. The maximum absolute atomic E-state index is 13.3. The number of amides is 1. The van der Waals surface area contributed by atoms with E-state index >= 15 is 0 Å². The SMILES string of the molecule is COc1cc2c3c4c(c5c6ccccc6n(C)c5c3n(CCCN(C)C)c2cc1OC)CNC4=O. The lowest BCUT2D eigenvalue weighted by Crippen LogP contribution is -2.15. The van der Waals surface area contributed by atoms with Gasteiger partial charge in [0.2, 0.25) is 0 Å². The summed E-state index contributed by atoms with van der Waals surface area (Å²) in [6.07, 6.45) is 0.981. The molecule has 3 heterocycles. The lowest BCUT2D eigenvalue weighted by atomic mass is 9.97. The van der Waals surface area contributed by atoms with Gasteiger partial charge in [-0.3, -0.25) is 4.79 Å². The highest BCUT2D eigenvalue weighted by Crippen LogP contribution is 2.46. The molecule has 35 heavy (non-hydrogen) atoms. The molecule has 7 nitrogen and oxygen atoms in total. The van der Waals surface area contributed by atoms with Crippen molar-refractivity contribution in [3.05, 3.63) is 47.5 Å². The summed E-state index contributed by atoms with van der Waals surface area (Å²) in [4.78, 5) is 15.5. The highest BCUT2D eigenvalue weighted by molar-refractivity contribution is 6.30. The number of aromatic nitrogens is 2. The highest BCUT2D eigenvalue weighted by atomic mass is 16.5. The number of hydrogen-bond donors (Lipinski definition) is 1. The van der Waals surface area contributed by atoms with Crippen LogP contribution in [0.25, 0.3) is 43.6 Å². The monoisotopic (exact) mass is 470 g/mol. The van der Waals surface area contributed by atoms with Gasteiger partial charge in [0.1, 0.15) is 0 Å². The molecule has 0 saturated heterocycles. The average molecular weight is 471 g/mol. The Morgan fingerprint density at radius 2 is 1.71 bits per heavy atom. The van der Waals surface area contributed by atoms with Crippen molar-refractivity contribution in [3.8, 4) is 11.5 Å². The Hall–Kier alpha value is -3.71. The van der Waals surface area contributed by atoms with Crippen molar-refractivity contribution in [2.75, 3.05) is 34.9 Å². The number of methoxy groups -OCH3 is 2. The number of nitrogens with one attached hydrogen (secondary N) is 1. The van der Waals surface area contributed by atoms with Gasteiger partial charge in [-0.1, -0.05) is 18.2 Å². The Bertz CT molecular complexity index is 1660. The van der Waals surface area contributed by atoms with Gasteiger partial charge in [-0.2, -0.15) is 0 Å². The van der Waals surface area contributed by atoms with E-state index in [-0.39, 0.29) is 5.91 Å². The molecule has 7 heteroatoms. The second-order valence-corrected chi connectivity index (χ2v) is 9.59. The molecule has 0 saturated carbocycles. The minimum atomic E-state index is -0.0121. The number of ether oxygens (including phenoxy) is 2. The van der Waals surface area contributed by atoms with E-state index in [2.05, 4.69) is 70.8 Å². The topological polar surface area (TPSA) is 60.7 Å². The van der Waals surface area contributed by atoms with Crippen LogP contribution in [-0.2, 0) is 20.1 Å². The summed E-state index contributed by atoms with van der Waals surface area (Å²) in [6.45, 7) is 2.33. The van der Waals surface area contributed by atoms with E-state index in [4.69, 9.17) is 9.47 Å². The van der Waals surface area contributed by atoms with Crippen molar-refractivity contribution in [2.24, 2.45) is 7.05 Å². The van der Waals surface area contributed by atoms with Crippen LogP contribution in [0.5, 0.6) is 11.5 Å². The molecule has 0 fully saturated rings. The Balaban J connectivity index is 1.86. The summed E-state index contributed by atoms with van der Waals surface area (Å²) in [5.41, 5.74) is 6.34. The number of rotatable bonds is 6. The molecular weight excluding hydrogens is 440 g/mol. The van der Waals surface area contributed by atoms with Crippen molar-refractivity contribution in [2.45, 2.75) is 19.5 Å². The first-order valence-corrected chi connectivity index (χ1v) is 12.0. The standard InChI is InChI=1S/C28H30N4O3/c1-30(2)11-8-12-32-20-14-22(35-5)21(34-4)13-17(20)24-25-18(15-29-28(25)33)23-16-9-6-7-10-19(16)31(3)26(23)27(24)32/h6-7,9-10,13-14H,8,11-12,15H2,1-5H3,(H,29,33). The van der Waals surface area contributed by atoms with E-state index in [1.807, 2.05) is 6.07 Å². The van der Waals surface area contributed by atoms with Gasteiger partial charge in [-0.25, -0.2) is 0 Å². The second-order valence-electron chi connectivity index (χ2n) is 9.59. The van der Waals surface area contributed by atoms with Gasteiger partial charge >= 0.3 is 0 Å². The van der Waals surface area contributed by atoms with Gasteiger partial charge in [0.15, 0.2) is 11.5 Å². The molecule has 0 aliphatic carbocycles. The number of carbonyl (C=O) groups is 1. The highest BCUT2D eigenvalue weighted by Gasteiger charge is 2.32. The summed E-state index contributed by atoms with van der Waals surface area (Å²) in [7, 11) is 9.64. The normalized spacial score (nSPS) is 13.5. The van der Waals surface area contributed by atoms with Crippen LogP contribution in [-0.4, -0.2) is 54.8 Å². The van der Waals surface area contributed by atoms with Crippen LogP contribution >= 0.6 is 0 Å². The Labute approximate surface area is 203 Å². The van der Waals surface area contributed by atoms with Crippen LogP contribution in [0.4, 0.5) is 0 Å². The van der Waals surface area contributed by atoms with Crippen LogP contribution < -0.4 is 14.8 Å². The summed E-state index contributed by atoms with van der Waals surface area (Å²) < 4.78 is 16.0. The van der Waals surface area contributed by atoms with E-state index in [1.54, 1.807) is 14.2 Å². The lowest BCUT2D eigenvalue weighted by molar-refractivity contribution is 0.0967. The molecule has 1 aliphatic heterocycles. The van der Waals surface area contributed by atoms with Gasteiger partial charge in [-0.15, -0.1) is 0 Å². The first-order chi connectivity index (χ1) is 17.0. The summed E-state index contributed by atoms with van der Waals surface area (Å²) in [6, 6.07) is 12.5. The molecule has 0 radical (unpaired) electrons. The van der Waals surface area contributed by atoms with Crippen LogP contribution in [0.15, 0.2) is 36.4 Å². The molecule has 2 aromatic heterocycles. The Morgan fingerprint density at radius 1 is 0.971 bits per heavy atom. The van der Waals surface area contributed by atoms with Crippen LogP contribution in [0.3, 0.4) is 0 Å². The smallest absolute Gasteiger partial charge is 0.252 e.